The van der Waals surface area contributed by atoms with Gasteiger partial charge in [0, 0.05) is 26.2 Å². The summed E-state index contributed by atoms with van der Waals surface area (Å²) >= 11 is 1.18. The van der Waals surface area contributed by atoms with Crippen LogP contribution in [0.4, 0.5) is 4.79 Å². The Morgan fingerprint density at radius 2 is 2.06 bits per heavy atom. The number of hydrogen-bond acceptors (Lipinski definition) is 7. The van der Waals surface area contributed by atoms with Crippen molar-refractivity contribution in [1.82, 2.24) is 24.5 Å². The van der Waals surface area contributed by atoms with E-state index in [4.69, 9.17) is 4.74 Å². The highest BCUT2D eigenvalue weighted by molar-refractivity contribution is 7.99. The van der Waals surface area contributed by atoms with E-state index in [1.165, 1.54) is 22.1 Å². The Balaban J connectivity index is 1.76. The highest BCUT2D eigenvalue weighted by Crippen LogP contribution is 2.27. The first-order valence-corrected chi connectivity index (χ1v) is 12.2. The Bertz CT molecular complexity index is 1080. The summed E-state index contributed by atoms with van der Waals surface area (Å²) in [5, 5.41) is 5.27. The normalized spacial score (nSPS) is 15.0. The van der Waals surface area contributed by atoms with Crippen molar-refractivity contribution in [3.05, 3.63) is 30.9 Å². The molecule has 3 amide bonds. The highest BCUT2D eigenvalue weighted by atomic mass is 32.2. The number of urea groups is 1. The summed E-state index contributed by atoms with van der Waals surface area (Å²) in [6, 6.07) is 4.27. The van der Waals surface area contributed by atoms with E-state index in [1.54, 1.807) is 18.2 Å². The van der Waals surface area contributed by atoms with Crippen LogP contribution < -0.4 is 10.6 Å². The van der Waals surface area contributed by atoms with Gasteiger partial charge in [-0.3, -0.25) is 10.1 Å². The van der Waals surface area contributed by atoms with E-state index in [2.05, 4.69) is 22.2 Å². The third-order valence-corrected chi connectivity index (χ3v) is 7.47. The zero-order valence-electron chi connectivity index (χ0n) is 17.2. The summed E-state index contributed by atoms with van der Waals surface area (Å²) < 4.78 is 34.4. The largest absolute Gasteiger partial charge is 0.379 e. The van der Waals surface area contributed by atoms with Crippen LogP contribution in [0.25, 0.3) is 11.0 Å². The number of imide groups is 1. The molecule has 31 heavy (non-hydrogen) atoms. The zero-order chi connectivity index (χ0) is 22.4. The van der Waals surface area contributed by atoms with Gasteiger partial charge < -0.3 is 14.6 Å². The number of ether oxygens (including phenoxy) is 1. The molecule has 0 saturated carbocycles. The fraction of sp³-hybridized carbons (Fsp3) is 0.421. The van der Waals surface area contributed by atoms with E-state index in [1.807, 2.05) is 11.5 Å². The van der Waals surface area contributed by atoms with Crippen molar-refractivity contribution in [3.63, 3.8) is 0 Å². The molecule has 10 nitrogen and oxygen atoms in total. The summed E-state index contributed by atoms with van der Waals surface area (Å²) in [6.07, 6.45) is 1.51. The van der Waals surface area contributed by atoms with Gasteiger partial charge in [-0.1, -0.05) is 17.8 Å². The van der Waals surface area contributed by atoms with Gasteiger partial charge in [0.05, 0.1) is 34.9 Å². The molecule has 1 aromatic carbocycles. The monoisotopic (exact) mass is 467 g/mol. The maximum atomic E-state index is 12.9. The van der Waals surface area contributed by atoms with Gasteiger partial charge in [0.25, 0.3) is 0 Å². The minimum absolute atomic E-state index is 0.0102. The topological polar surface area (TPSA) is 123 Å². The number of thioether (sulfide) groups is 1. The molecule has 0 unspecified atom stereocenters. The Morgan fingerprint density at radius 3 is 2.74 bits per heavy atom. The van der Waals surface area contributed by atoms with Gasteiger partial charge in [-0.25, -0.2) is 18.2 Å². The summed E-state index contributed by atoms with van der Waals surface area (Å²) in [5.41, 5.74) is 1.30. The van der Waals surface area contributed by atoms with Crippen LogP contribution in [0.15, 0.2) is 40.9 Å². The van der Waals surface area contributed by atoms with Crippen molar-refractivity contribution >= 4 is 44.8 Å². The first-order chi connectivity index (χ1) is 14.9. The molecular weight excluding hydrogens is 442 g/mol. The number of carbonyl (C=O) groups is 2. The van der Waals surface area contributed by atoms with E-state index in [-0.39, 0.29) is 17.2 Å². The molecule has 1 saturated heterocycles. The van der Waals surface area contributed by atoms with Crippen molar-refractivity contribution in [2.75, 3.05) is 38.6 Å². The fourth-order valence-corrected chi connectivity index (χ4v) is 5.41. The van der Waals surface area contributed by atoms with Crippen LogP contribution in [0.5, 0.6) is 0 Å². The first-order valence-electron chi connectivity index (χ1n) is 9.76. The van der Waals surface area contributed by atoms with E-state index in [9.17, 15) is 18.0 Å². The zero-order valence-corrected chi connectivity index (χ0v) is 18.8. The second-order valence-corrected chi connectivity index (χ2v) is 9.52. The molecular formula is C19H25N5O5S2. The highest BCUT2D eigenvalue weighted by Gasteiger charge is 2.27. The summed E-state index contributed by atoms with van der Waals surface area (Å²) in [7, 11) is -3.63. The standard InChI is InChI=1S/C19H25N5O5S2/c1-3-7-20-18(26)22-17(25)13-30-19-21-15-12-14(5-6-16(15)24(19)4-2)31(27,28)23-8-10-29-11-9-23/h3,5-6,12H,1,4,7-11,13H2,2H3,(H2,20,22,25,26). The Labute approximate surface area is 185 Å². The molecule has 1 aromatic heterocycles. The van der Waals surface area contributed by atoms with Crippen LogP contribution in [0, 0.1) is 0 Å². The molecule has 2 heterocycles. The number of nitrogens with one attached hydrogen (secondary N) is 2. The van der Waals surface area contributed by atoms with E-state index in [0.29, 0.717) is 43.5 Å². The van der Waals surface area contributed by atoms with Crippen molar-refractivity contribution in [2.45, 2.75) is 23.5 Å². The van der Waals surface area contributed by atoms with Gasteiger partial charge in [0.1, 0.15) is 0 Å². The van der Waals surface area contributed by atoms with Gasteiger partial charge >= 0.3 is 6.03 Å². The van der Waals surface area contributed by atoms with Gasteiger partial charge in [0.15, 0.2) is 5.16 Å². The van der Waals surface area contributed by atoms with Gasteiger partial charge in [0.2, 0.25) is 15.9 Å². The van der Waals surface area contributed by atoms with Gasteiger partial charge in [-0.15, -0.1) is 6.58 Å². The molecule has 2 N–H and O–H groups in total. The lowest BCUT2D eigenvalue weighted by molar-refractivity contribution is -0.117. The number of amides is 3. The Morgan fingerprint density at radius 1 is 1.32 bits per heavy atom. The minimum atomic E-state index is -3.63. The molecule has 0 atom stereocenters. The molecule has 0 aliphatic carbocycles. The average molecular weight is 468 g/mol. The maximum absolute atomic E-state index is 12.9. The van der Waals surface area contributed by atoms with E-state index in [0.717, 1.165) is 5.52 Å². The van der Waals surface area contributed by atoms with Gasteiger partial charge in [-0.2, -0.15) is 4.31 Å². The van der Waals surface area contributed by atoms with Crippen LogP contribution in [0.2, 0.25) is 0 Å². The average Bonchev–Trinajstić information content (AvgIpc) is 3.13. The Hall–Kier alpha value is -2.41. The number of imidazole rings is 1. The van der Waals surface area contributed by atoms with Crippen molar-refractivity contribution in [3.8, 4) is 0 Å². The minimum Gasteiger partial charge on any atom is -0.379 e. The van der Waals surface area contributed by atoms with Crippen molar-refractivity contribution in [2.24, 2.45) is 0 Å². The smallest absolute Gasteiger partial charge is 0.321 e. The second kappa shape index (κ2) is 10.3. The van der Waals surface area contributed by atoms with Gasteiger partial charge in [-0.05, 0) is 25.1 Å². The third kappa shape index (κ3) is 5.45. The molecule has 0 radical (unpaired) electrons. The summed E-state index contributed by atoms with van der Waals surface area (Å²) in [6.45, 7) is 7.66. The first kappa shape index (κ1) is 23.3. The van der Waals surface area contributed by atoms with Crippen LogP contribution in [0.1, 0.15) is 6.92 Å². The molecule has 168 valence electrons. The maximum Gasteiger partial charge on any atom is 0.321 e. The van der Waals surface area contributed by atoms with Crippen molar-refractivity contribution < 1.29 is 22.7 Å². The lowest BCUT2D eigenvalue weighted by Gasteiger charge is -2.26. The summed E-state index contributed by atoms with van der Waals surface area (Å²) in [5.74, 6) is -0.471. The SMILES string of the molecule is C=CCNC(=O)NC(=O)CSc1nc2cc(S(=O)(=O)N3CCOCC3)ccc2n1CC. The quantitative estimate of drug-likeness (QED) is 0.441. The third-order valence-electron chi connectivity index (χ3n) is 4.60. The predicted octanol–water partition coefficient (Wildman–Crippen LogP) is 1.18. The Kier molecular flexibility index (Phi) is 7.70. The summed E-state index contributed by atoms with van der Waals surface area (Å²) in [4.78, 5) is 28.3. The number of fused-ring (bicyclic) bond motifs is 1. The van der Waals surface area contributed by atoms with E-state index >= 15 is 0 Å². The van der Waals surface area contributed by atoms with Crippen LogP contribution in [0.3, 0.4) is 0 Å². The van der Waals surface area contributed by atoms with Crippen LogP contribution in [-0.4, -0.2) is 72.8 Å². The molecule has 0 bridgehead atoms. The number of hydrogen-bond donors (Lipinski definition) is 2. The lowest BCUT2D eigenvalue weighted by atomic mass is 10.3. The molecule has 12 heteroatoms. The molecule has 1 aliphatic rings. The van der Waals surface area contributed by atoms with Crippen molar-refractivity contribution in [1.29, 1.82) is 0 Å². The molecule has 1 aliphatic heterocycles. The lowest BCUT2D eigenvalue weighted by Crippen LogP contribution is -2.40. The number of benzene rings is 1. The number of aryl methyl sites for hydroxylation is 1. The fourth-order valence-electron chi connectivity index (χ4n) is 3.10. The number of aromatic nitrogens is 2. The molecule has 0 spiro atoms. The second-order valence-electron chi connectivity index (χ2n) is 6.64. The van der Waals surface area contributed by atoms with E-state index < -0.39 is 22.0 Å². The predicted molar refractivity (Wildman–Crippen MR) is 117 cm³/mol. The number of rotatable bonds is 8. The number of sulfonamides is 1. The molecule has 3 rings (SSSR count). The van der Waals surface area contributed by atoms with Crippen LogP contribution in [-0.2, 0) is 26.1 Å². The number of nitrogens with zero attached hydrogens (tertiary/aromatic N) is 3. The number of morpholine rings is 1. The molecule has 2 aromatic rings. The number of carbonyl (C=O) groups excluding carboxylic acids is 2. The molecule has 1 fully saturated rings. The van der Waals surface area contributed by atoms with Crippen LogP contribution >= 0.6 is 11.8 Å².